The number of rotatable bonds is 4. The highest BCUT2D eigenvalue weighted by Gasteiger charge is 2.22. The van der Waals surface area contributed by atoms with Crippen LogP contribution in [0.4, 0.5) is 0 Å². The topological polar surface area (TPSA) is 88.3 Å². The number of H-pyrrole nitrogens is 1. The van der Waals surface area contributed by atoms with Crippen LogP contribution in [-0.2, 0) is 14.9 Å². The van der Waals surface area contributed by atoms with E-state index in [1.807, 2.05) is 4.89 Å². The average Bonchev–Trinajstić information content (AvgIpc) is 2.80. The zero-order valence-corrected chi connectivity index (χ0v) is 10.00. The Balaban J connectivity index is 2.08. The van der Waals surface area contributed by atoms with Crippen LogP contribution in [0.25, 0.3) is 0 Å². The lowest BCUT2D eigenvalue weighted by molar-refractivity contribution is 0.0223. The summed E-state index contributed by atoms with van der Waals surface area (Å²) in [7, 11) is -3.89. The van der Waals surface area contributed by atoms with Gasteiger partial charge in [0.05, 0.1) is 6.10 Å². The van der Waals surface area contributed by atoms with Gasteiger partial charge in [-0.15, -0.1) is 0 Å². The van der Waals surface area contributed by atoms with E-state index in [9.17, 15) is 13.2 Å². The number of hydrogen-bond acceptors (Lipinski definition) is 4. The van der Waals surface area contributed by atoms with Crippen molar-refractivity contribution in [3.63, 3.8) is 0 Å². The third-order valence-corrected chi connectivity index (χ3v) is 3.92. The molecule has 2 N–H and O–H groups in total. The molecule has 2 rings (SSSR count). The van der Waals surface area contributed by atoms with Gasteiger partial charge in [-0.05, 0) is 12.8 Å². The van der Waals surface area contributed by atoms with E-state index in [4.69, 9.17) is 4.84 Å². The zero-order chi connectivity index (χ0) is 12.3. The third kappa shape index (κ3) is 2.93. The number of pyridine rings is 1. The SMILES string of the molecule is O=c1cc[nH]cc1S(=O)(=O)NOC1CCCC1. The fourth-order valence-electron chi connectivity index (χ4n) is 1.79. The minimum atomic E-state index is -3.89. The summed E-state index contributed by atoms with van der Waals surface area (Å²) in [6.07, 6.45) is 6.19. The van der Waals surface area contributed by atoms with E-state index >= 15 is 0 Å². The van der Waals surface area contributed by atoms with Gasteiger partial charge in [0.15, 0.2) is 0 Å². The van der Waals surface area contributed by atoms with Crippen molar-refractivity contribution in [2.45, 2.75) is 36.7 Å². The van der Waals surface area contributed by atoms with E-state index in [0.29, 0.717) is 0 Å². The lowest BCUT2D eigenvalue weighted by Gasteiger charge is -2.11. The van der Waals surface area contributed by atoms with Crippen LogP contribution in [0.3, 0.4) is 0 Å². The van der Waals surface area contributed by atoms with Crippen LogP contribution in [0, 0.1) is 0 Å². The smallest absolute Gasteiger partial charge is 0.267 e. The second-order valence-corrected chi connectivity index (χ2v) is 5.60. The van der Waals surface area contributed by atoms with Gasteiger partial charge in [-0.2, -0.15) is 0 Å². The largest absolute Gasteiger partial charge is 0.366 e. The van der Waals surface area contributed by atoms with E-state index < -0.39 is 15.5 Å². The maximum Gasteiger partial charge on any atom is 0.267 e. The van der Waals surface area contributed by atoms with E-state index in [1.54, 1.807) is 0 Å². The van der Waals surface area contributed by atoms with Crippen molar-refractivity contribution in [1.82, 2.24) is 9.87 Å². The summed E-state index contributed by atoms with van der Waals surface area (Å²) in [6, 6.07) is 1.16. The zero-order valence-electron chi connectivity index (χ0n) is 9.18. The van der Waals surface area contributed by atoms with Gasteiger partial charge in [0, 0.05) is 18.5 Å². The first-order chi connectivity index (χ1) is 8.09. The molecule has 1 aliphatic carbocycles. The minimum Gasteiger partial charge on any atom is -0.366 e. The lowest BCUT2D eigenvalue weighted by Crippen LogP contribution is -2.31. The average molecular weight is 258 g/mol. The van der Waals surface area contributed by atoms with Crippen LogP contribution in [0.15, 0.2) is 28.2 Å². The first-order valence-corrected chi connectivity index (χ1v) is 6.92. The van der Waals surface area contributed by atoms with E-state index in [2.05, 4.69) is 4.98 Å². The highest BCUT2D eigenvalue weighted by molar-refractivity contribution is 7.89. The molecule has 94 valence electrons. The molecule has 0 radical (unpaired) electrons. The Kier molecular flexibility index (Phi) is 3.60. The molecule has 0 amide bonds. The minimum absolute atomic E-state index is 0.0902. The van der Waals surface area contributed by atoms with Gasteiger partial charge >= 0.3 is 0 Å². The number of sulfonamides is 1. The van der Waals surface area contributed by atoms with Crippen molar-refractivity contribution in [1.29, 1.82) is 0 Å². The van der Waals surface area contributed by atoms with Crippen LogP contribution in [0.5, 0.6) is 0 Å². The Bertz CT molecular complexity index is 531. The summed E-state index contributed by atoms with van der Waals surface area (Å²) >= 11 is 0. The molecule has 1 aliphatic rings. The van der Waals surface area contributed by atoms with Gasteiger partial charge in [-0.25, -0.2) is 8.42 Å². The Morgan fingerprint density at radius 3 is 2.71 bits per heavy atom. The van der Waals surface area contributed by atoms with Crippen LogP contribution >= 0.6 is 0 Å². The van der Waals surface area contributed by atoms with Crippen LogP contribution in [-0.4, -0.2) is 19.5 Å². The molecule has 7 heteroatoms. The molecule has 1 aromatic rings. The molecule has 1 heterocycles. The fourth-order valence-corrected chi connectivity index (χ4v) is 2.70. The summed E-state index contributed by atoms with van der Waals surface area (Å²) < 4.78 is 23.5. The Hall–Kier alpha value is -1.18. The number of aromatic nitrogens is 1. The van der Waals surface area contributed by atoms with Gasteiger partial charge in [0.1, 0.15) is 4.90 Å². The summed E-state index contributed by atoms with van der Waals surface area (Å²) in [5, 5.41) is 0. The quantitative estimate of drug-likeness (QED) is 0.771. The molecule has 6 nitrogen and oxygen atoms in total. The molecule has 1 fully saturated rings. The van der Waals surface area contributed by atoms with Gasteiger partial charge < -0.3 is 4.98 Å². The molecular formula is C10H14N2O4S. The number of nitrogens with one attached hydrogen (secondary N) is 2. The first kappa shape index (κ1) is 12.3. The number of hydrogen-bond donors (Lipinski definition) is 2. The molecule has 0 atom stereocenters. The highest BCUT2D eigenvalue weighted by Crippen LogP contribution is 2.20. The third-order valence-electron chi connectivity index (χ3n) is 2.70. The Morgan fingerprint density at radius 1 is 1.35 bits per heavy atom. The second kappa shape index (κ2) is 4.99. The van der Waals surface area contributed by atoms with Gasteiger partial charge in [-0.1, -0.05) is 17.7 Å². The normalized spacial score (nSPS) is 17.4. The maximum atomic E-state index is 11.8. The van der Waals surface area contributed by atoms with Crippen molar-refractivity contribution < 1.29 is 13.3 Å². The number of aromatic amines is 1. The fraction of sp³-hybridized carbons (Fsp3) is 0.500. The van der Waals surface area contributed by atoms with Crippen molar-refractivity contribution in [3.05, 3.63) is 28.7 Å². The van der Waals surface area contributed by atoms with Gasteiger partial charge in [-0.3, -0.25) is 9.63 Å². The summed E-state index contributed by atoms with van der Waals surface area (Å²) in [6.45, 7) is 0. The monoisotopic (exact) mass is 258 g/mol. The molecule has 0 bridgehead atoms. The van der Waals surface area contributed by atoms with E-state index in [0.717, 1.165) is 37.9 Å². The molecule has 0 aromatic carbocycles. The molecule has 17 heavy (non-hydrogen) atoms. The standard InChI is InChI=1S/C10H14N2O4S/c13-9-5-6-11-7-10(9)17(14,15)12-16-8-3-1-2-4-8/h5-8,12H,1-4H2,(H,11,13). The van der Waals surface area contributed by atoms with Crippen molar-refractivity contribution in [3.8, 4) is 0 Å². The molecule has 0 spiro atoms. The predicted molar refractivity (Wildman–Crippen MR) is 60.7 cm³/mol. The Labute approximate surface area is 99.0 Å². The van der Waals surface area contributed by atoms with Crippen LogP contribution in [0.1, 0.15) is 25.7 Å². The molecule has 0 aliphatic heterocycles. The van der Waals surface area contributed by atoms with Crippen LogP contribution < -0.4 is 10.3 Å². The molecule has 1 saturated carbocycles. The second-order valence-electron chi connectivity index (χ2n) is 3.98. The van der Waals surface area contributed by atoms with Gasteiger partial charge in [0.25, 0.3) is 10.0 Å². The van der Waals surface area contributed by atoms with Crippen molar-refractivity contribution >= 4 is 10.0 Å². The highest BCUT2D eigenvalue weighted by atomic mass is 32.2. The first-order valence-electron chi connectivity index (χ1n) is 5.44. The van der Waals surface area contributed by atoms with Crippen LogP contribution in [0.2, 0.25) is 0 Å². The van der Waals surface area contributed by atoms with E-state index in [-0.39, 0.29) is 11.0 Å². The van der Waals surface area contributed by atoms with E-state index in [1.165, 1.54) is 6.20 Å². The molecule has 1 aromatic heterocycles. The van der Waals surface area contributed by atoms with Crippen molar-refractivity contribution in [2.75, 3.05) is 0 Å². The molecular weight excluding hydrogens is 244 g/mol. The van der Waals surface area contributed by atoms with Crippen molar-refractivity contribution in [2.24, 2.45) is 0 Å². The maximum absolute atomic E-state index is 11.8. The van der Waals surface area contributed by atoms with Gasteiger partial charge in [0.2, 0.25) is 5.43 Å². The summed E-state index contributed by atoms with van der Waals surface area (Å²) in [5.74, 6) is 0. The molecule has 0 saturated heterocycles. The summed E-state index contributed by atoms with van der Waals surface area (Å²) in [4.78, 5) is 20.7. The molecule has 0 unspecified atom stereocenters. The predicted octanol–water partition coefficient (Wildman–Crippen LogP) is 0.527. The summed E-state index contributed by atoms with van der Waals surface area (Å²) in [5.41, 5.74) is -0.564. The Morgan fingerprint density at radius 2 is 2.06 bits per heavy atom. The lowest BCUT2D eigenvalue weighted by atomic mass is 10.3.